The van der Waals surface area contributed by atoms with Crippen LogP contribution in [0.4, 0.5) is 0 Å². The average molecular weight is 180 g/mol. The van der Waals surface area contributed by atoms with Gasteiger partial charge in [-0.05, 0) is 6.92 Å². The van der Waals surface area contributed by atoms with Crippen molar-refractivity contribution in [2.75, 3.05) is 12.5 Å². The Balaban J connectivity index is 3.91. The molecule has 5 heteroatoms. The van der Waals surface area contributed by atoms with Crippen molar-refractivity contribution in [3.05, 3.63) is 0 Å². The Bertz CT molecular complexity index is 160. The molecule has 2 N–H and O–H groups in total. The van der Waals surface area contributed by atoms with Crippen LogP contribution in [0.1, 0.15) is 6.92 Å². The molecule has 1 atom stereocenters. The summed E-state index contributed by atoms with van der Waals surface area (Å²) in [6.45, 7) is 1.85. The number of alkyl halides is 1. The van der Waals surface area contributed by atoms with Gasteiger partial charge in [-0.3, -0.25) is 4.79 Å². The molecule has 0 aromatic carbocycles. The lowest BCUT2D eigenvalue weighted by molar-refractivity contribution is -0.147. The number of esters is 1. The highest BCUT2D eigenvalue weighted by molar-refractivity contribution is 6.30. The number of hydrogen-bond donors (Lipinski definition) is 1. The Hall–Kier alpha value is -0.610. The van der Waals surface area contributed by atoms with Crippen molar-refractivity contribution in [1.82, 2.24) is 0 Å². The molecule has 0 rings (SSSR count). The predicted octanol–water partition coefficient (Wildman–Crippen LogP) is -0.315. The highest BCUT2D eigenvalue weighted by atomic mass is 35.5. The molecule has 0 aromatic heterocycles. The second-order valence-corrected chi connectivity index (χ2v) is 2.10. The predicted molar refractivity (Wildman–Crippen MR) is 40.3 cm³/mol. The molecule has 0 spiro atoms. The molecular weight excluding hydrogens is 170 g/mol. The molecule has 0 heterocycles. The van der Waals surface area contributed by atoms with Crippen molar-refractivity contribution in [3.8, 4) is 0 Å². The largest absolute Gasteiger partial charge is 0.464 e. The highest BCUT2D eigenvalue weighted by Gasteiger charge is 2.21. The summed E-state index contributed by atoms with van der Waals surface area (Å²) in [5.74, 6) is -1.51. The fraction of sp³-hybridized carbons (Fsp3) is 0.667. The highest BCUT2D eigenvalue weighted by Crippen LogP contribution is 1.90. The number of halogens is 1. The number of nitrogens with two attached hydrogens (primary N) is 1. The van der Waals surface area contributed by atoms with Crippen molar-refractivity contribution in [2.24, 2.45) is 5.73 Å². The molecule has 0 amide bonds. The SMILES string of the molecule is CCOC(=O)C(N)C(=O)CCl. The summed E-state index contributed by atoms with van der Waals surface area (Å²) in [5.41, 5.74) is 5.15. The summed E-state index contributed by atoms with van der Waals surface area (Å²) in [4.78, 5) is 21.4. The van der Waals surface area contributed by atoms with Gasteiger partial charge in [-0.15, -0.1) is 11.6 Å². The molecule has 0 fully saturated rings. The number of ether oxygens (including phenoxy) is 1. The van der Waals surface area contributed by atoms with E-state index in [4.69, 9.17) is 17.3 Å². The lowest BCUT2D eigenvalue weighted by Gasteiger charge is -2.06. The van der Waals surface area contributed by atoms with Crippen LogP contribution in [0.3, 0.4) is 0 Å². The molecule has 0 aliphatic heterocycles. The Morgan fingerprint density at radius 1 is 1.64 bits per heavy atom. The van der Waals surface area contributed by atoms with Crippen molar-refractivity contribution in [2.45, 2.75) is 13.0 Å². The first-order valence-corrected chi connectivity index (χ1v) is 3.67. The normalized spacial score (nSPS) is 12.3. The fourth-order valence-electron chi connectivity index (χ4n) is 0.447. The summed E-state index contributed by atoms with van der Waals surface area (Å²) >= 11 is 5.15. The van der Waals surface area contributed by atoms with Gasteiger partial charge in [0, 0.05) is 0 Å². The first-order valence-electron chi connectivity index (χ1n) is 3.14. The van der Waals surface area contributed by atoms with Crippen LogP contribution in [0.2, 0.25) is 0 Å². The number of ketones is 1. The van der Waals surface area contributed by atoms with Gasteiger partial charge in [0.15, 0.2) is 11.8 Å². The number of carbonyl (C=O) groups is 2. The minimum Gasteiger partial charge on any atom is -0.464 e. The van der Waals surface area contributed by atoms with Gasteiger partial charge in [0.05, 0.1) is 12.5 Å². The zero-order valence-corrected chi connectivity index (χ0v) is 6.93. The Kier molecular flexibility index (Phi) is 4.81. The van der Waals surface area contributed by atoms with E-state index < -0.39 is 17.8 Å². The van der Waals surface area contributed by atoms with Crippen LogP contribution in [0.5, 0.6) is 0 Å². The summed E-state index contributed by atoms with van der Waals surface area (Å²) in [7, 11) is 0. The topological polar surface area (TPSA) is 69.4 Å². The Morgan fingerprint density at radius 3 is 2.55 bits per heavy atom. The molecule has 0 bridgehead atoms. The third-order valence-electron chi connectivity index (χ3n) is 1.02. The maximum absolute atomic E-state index is 10.7. The molecule has 0 radical (unpaired) electrons. The van der Waals surface area contributed by atoms with Gasteiger partial charge in [0.2, 0.25) is 0 Å². The summed E-state index contributed by atoms with van der Waals surface area (Å²) in [5, 5.41) is 0. The minimum absolute atomic E-state index is 0.210. The van der Waals surface area contributed by atoms with Crippen LogP contribution in [-0.2, 0) is 14.3 Å². The van der Waals surface area contributed by atoms with Crippen molar-refractivity contribution >= 4 is 23.4 Å². The average Bonchev–Trinajstić information content (AvgIpc) is 2.02. The van der Waals surface area contributed by atoms with E-state index in [1.165, 1.54) is 0 Å². The fourth-order valence-corrected chi connectivity index (χ4v) is 0.613. The van der Waals surface area contributed by atoms with Crippen LogP contribution in [0.15, 0.2) is 0 Å². The van der Waals surface area contributed by atoms with Crippen LogP contribution >= 0.6 is 11.6 Å². The molecule has 64 valence electrons. The molecule has 0 aromatic rings. The van der Waals surface area contributed by atoms with Gasteiger partial charge < -0.3 is 10.5 Å². The van der Waals surface area contributed by atoms with Crippen LogP contribution < -0.4 is 5.73 Å². The maximum Gasteiger partial charge on any atom is 0.330 e. The Labute approximate surface area is 69.6 Å². The molecular formula is C6H10ClNO3. The maximum atomic E-state index is 10.7. The zero-order chi connectivity index (χ0) is 8.85. The third kappa shape index (κ3) is 3.34. The van der Waals surface area contributed by atoms with Gasteiger partial charge >= 0.3 is 5.97 Å². The minimum atomic E-state index is -1.23. The molecule has 0 aliphatic rings. The van der Waals surface area contributed by atoms with E-state index in [0.717, 1.165) is 0 Å². The molecule has 0 aliphatic carbocycles. The lowest BCUT2D eigenvalue weighted by Crippen LogP contribution is -2.40. The van der Waals surface area contributed by atoms with Crippen molar-refractivity contribution in [3.63, 3.8) is 0 Å². The standard InChI is InChI=1S/C6H10ClNO3/c1-2-11-6(10)5(8)4(9)3-7/h5H,2-3,8H2,1H3. The third-order valence-corrected chi connectivity index (χ3v) is 1.28. The first kappa shape index (κ1) is 10.4. The van der Waals surface area contributed by atoms with Crippen molar-refractivity contribution in [1.29, 1.82) is 0 Å². The summed E-state index contributed by atoms with van der Waals surface area (Å²) in [6.07, 6.45) is 0. The van der Waals surface area contributed by atoms with Gasteiger partial charge in [0.1, 0.15) is 0 Å². The van der Waals surface area contributed by atoms with Gasteiger partial charge in [-0.1, -0.05) is 0 Å². The molecule has 11 heavy (non-hydrogen) atoms. The summed E-state index contributed by atoms with van der Waals surface area (Å²) < 4.78 is 4.48. The monoisotopic (exact) mass is 179 g/mol. The van der Waals surface area contributed by atoms with Crippen LogP contribution in [0, 0.1) is 0 Å². The van der Waals surface area contributed by atoms with E-state index in [2.05, 4.69) is 4.74 Å². The molecule has 0 saturated heterocycles. The van der Waals surface area contributed by atoms with E-state index in [9.17, 15) is 9.59 Å². The quantitative estimate of drug-likeness (QED) is 0.365. The second-order valence-electron chi connectivity index (χ2n) is 1.83. The van der Waals surface area contributed by atoms with E-state index in [0.29, 0.717) is 0 Å². The van der Waals surface area contributed by atoms with Gasteiger partial charge in [-0.25, -0.2) is 4.79 Å². The van der Waals surface area contributed by atoms with Crippen molar-refractivity contribution < 1.29 is 14.3 Å². The number of hydrogen-bond acceptors (Lipinski definition) is 4. The van der Waals surface area contributed by atoms with E-state index in [1.54, 1.807) is 6.92 Å². The number of rotatable bonds is 4. The first-order chi connectivity index (χ1) is 5.13. The second kappa shape index (κ2) is 5.09. The van der Waals surface area contributed by atoms with Gasteiger partial charge in [0.25, 0.3) is 0 Å². The number of Topliss-reactive ketones (excluding diaryl/α,β-unsaturated/α-hetero) is 1. The molecule has 0 saturated carbocycles. The Morgan fingerprint density at radius 2 is 2.18 bits per heavy atom. The van der Waals surface area contributed by atoms with Crippen LogP contribution in [-0.4, -0.2) is 30.3 Å². The molecule has 4 nitrogen and oxygen atoms in total. The van der Waals surface area contributed by atoms with Crippen LogP contribution in [0.25, 0.3) is 0 Å². The van der Waals surface area contributed by atoms with E-state index in [-0.39, 0.29) is 12.5 Å². The van der Waals surface area contributed by atoms with E-state index >= 15 is 0 Å². The van der Waals surface area contributed by atoms with Gasteiger partial charge in [-0.2, -0.15) is 0 Å². The summed E-state index contributed by atoms with van der Waals surface area (Å²) in [6, 6.07) is -1.23. The number of carbonyl (C=O) groups excluding carboxylic acids is 2. The zero-order valence-electron chi connectivity index (χ0n) is 6.17. The smallest absolute Gasteiger partial charge is 0.330 e. The lowest BCUT2D eigenvalue weighted by atomic mass is 10.2. The molecule has 1 unspecified atom stereocenters. The van der Waals surface area contributed by atoms with E-state index in [1.807, 2.05) is 0 Å².